The van der Waals surface area contributed by atoms with Crippen LogP contribution in [0.4, 0.5) is 36.8 Å². The van der Waals surface area contributed by atoms with Gasteiger partial charge in [0, 0.05) is 15.6 Å². The standard InChI is InChI=1S/C20H10Cl2F6N2O3S/c21-12-2-1-3-13(22)10(12)7-15-17(32)30(18(33)34-15)8-16(31)29-14-6-9(19(23,24)25)4-5-11(14)20(26,27)28/h1-7H,8H2,(H,29,31). The van der Waals surface area contributed by atoms with E-state index in [-0.39, 0.29) is 38.7 Å². The second-order valence-corrected chi connectivity index (χ2v) is 8.51. The second-order valence-electron chi connectivity index (χ2n) is 6.71. The van der Waals surface area contributed by atoms with Gasteiger partial charge in [-0.05, 0) is 48.2 Å². The highest BCUT2D eigenvalue weighted by Gasteiger charge is 2.39. The third-order valence-electron chi connectivity index (χ3n) is 4.38. The van der Waals surface area contributed by atoms with E-state index in [1.54, 1.807) is 11.4 Å². The van der Waals surface area contributed by atoms with Crippen LogP contribution in [-0.4, -0.2) is 28.5 Å². The highest BCUT2D eigenvalue weighted by atomic mass is 35.5. The fourth-order valence-electron chi connectivity index (χ4n) is 2.82. The molecule has 0 atom stereocenters. The number of thioether (sulfide) groups is 1. The molecule has 1 aliphatic heterocycles. The predicted octanol–water partition coefficient (Wildman–Crippen LogP) is 6.71. The van der Waals surface area contributed by atoms with Gasteiger partial charge in [-0.25, -0.2) is 0 Å². The van der Waals surface area contributed by atoms with Crippen molar-refractivity contribution in [1.82, 2.24) is 4.90 Å². The molecule has 3 rings (SSSR count). The van der Waals surface area contributed by atoms with E-state index in [0.29, 0.717) is 16.7 Å². The van der Waals surface area contributed by atoms with Crippen molar-refractivity contribution in [2.24, 2.45) is 0 Å². The molecule has 0 aromatic heterocycles. The van der Waals surface area contributed by atoms with E-state index in [2.05, 4.69) is 0 Å². The number of carbonyl (C=O) groups is 3. The zero-order valence-corrected chi connectivity index (χ0v) is 18.7. The van der Waals surface area contributed by atoms with Crippen molar-refractivity contribution >= 4 is 63.8 Å². The predicted molar refractivity (Wildman–Crippen MR) is 114 cm³/mol. The zero-order valence-electron chi connectivity index (χ0n) is 16.4. The van der Waals surface area contributed by atoms with Crippen molar-refractivity contribution in [3.63, 3.8) is 0 Å². The fraction of sp³-hybridized carbons (Fsp3) is 0.150. The van der Waals surface area contributed by atoms with Crippen LogP contribution < -0.4 is 5.32 Å². The molecule has 1 fully saturated rings. The number of nitrogens with zero attached hydrogens (tertiary/aromatic N) is 1. The van der Waals surface area contributed by atoms with Crippen molar-refractivity contribution in [3.8, 4) is 0 Å². The number of imide groups is 1. The van der Waals surface area contributed by atoms with Crippen molar-refractivity contribution in [2.45, 2.75) is 12.4 Å². The average molecular weight is 543 g/mol. The number of anilines is 1. The normalized spacial score (nSPS) is 15.9. The average Bonchev–Trinajstić information content (AvgIpc) is 2.96. The first-order valence-electron chi connectivity index (χ1n) is 8.96. The molecule has 0 saturated carbocycles. The Bertz CT molecular complexity index is 1190. The molecule has 1 N–H and O–H groups in total. The van der Waals surface area contributed by atoms with E-state index in [1.807, 2.05) is 0 Å². The van der Waals surface area contributed by atoms with Crippen LogP contribution in [0.25, 0.3) is 6.08 Å². The zero-order chi connectivity index (χ0) is 25.4. The van der Waals surface area contributed by atoms with E-state index in [4.69, 9.17) is 23.2 Å². The molecule has 1 saturated heterocycles. The summed E-state index contributed by atoms with van der Waals surface area (Å²) in [5.41, 5.74) is -3.91. The Labute approximate surface area is 201 Å². The first-order valence-corrected chi connectivity index (χ1v) is 10.5. The fourth-order valence-corrected chi connectivity index (χ4v) is 4.15. The van der Waals surface area contributed by atoms with Gasteiger partial charge in [0.15, 0.2) is 0 Å². The van der Waals surface area contributed by atoms with Crippen LogP contribution in [-0.2, 0) is 21.9 Å². The van der Waals surface area contributed by atoms with Crippen molar-refractivity contribution in [3.05, 3.63) is 68.0 Å². The molecule has 2 aromatic carbocycles. The quantitative estimate of drug-likeness (QED) is 0.344. The van der Waals surface area contributed by atoms with E-state index in [0.717, 1.165) is 0 Å². The number of hydrogen-bond donors (Lipinski definition) is 1. The Hall–Kier alpha value is -2.70. The largest absolute Gasteiger partial charge is 0.418 e. The summed E-state index contributed by atoms with van der Waals surface area (Å²) in [6.07, 6.45) is -8.84. The van der Waals surface area contributed by atoms with Gasteiger partial charge in [0.1, 0.15) is 6.54 Å². The molecule has 5 nitrogen and oxygen atoms in total. The minimum atomic E-state index is -5.08. The van der Waals surface area contributed by atoms with Gasteiger partial charge in [0.2, 0.25) is 5.91 Å². The molecule has 0 aliphatic carbocycles. The van der Waals surface area contributed by atoms with Crippen molar-refractivity contribution in [1.29, 1.82) is 0 Å². The van der Waals surface area contributed by atoms with Crippen LogP contribution in [0.3, 0.4) is 0 Å². The van der Waals surface area contributed by atoms with Crippen LogP contribution in [0, 0.1) is 0 Å². The van der Waals surface area contributed by atoms with E-state index in [1.165, 1.54) is 18.2 Å². The van der Waals surface area contributed by atoms with Crippen LogP contribution in [0.2, 0.25) is 10.0 Å². The van der Waals surface area contributed by atoms with Crippen LogP contribution in [0.1, 0.15) is 16.7 Å². The molecule has 14 heteroatoms. The molecule has 180 valence electrons. The molecule has 34 heavy (non-hydrogen) atoms. The van der Waals surface area contributed by atoms with Crippen LogP contribution >= 0.6 is 35.0 Å². The van der Waals surface area contributed by atoms with E-state index in [9.17, 15) is 40.7 Å². The number of alkyl halides is 6. The molecule has 1 heterocycles. The molecule has 0 bridgehead atoms. The maximum absolute atomic E-state index is 13.2. The third kappa shape index (κ3) is 5.68. The first-order chi connectivity index (χ1) is 15.7. The summed E-state index contributed by atoms with van der Waals surface area (Å²) in [4.78, 5) is 37.3. The third-order valence-corrected chi connectivity index (χ3v) is 5.94. The highest BCUT2D eigenvalue weighted by Crippen LogP contribution is 2.39. The minimum absolute atomic E-state index is 0.119. The number of carbonyl (C=O) groups excluding carboxylic acids is 3. The van der Waals surface area contributed by atoms with Gasteiger partial charge in [-0.15, -0.1) is 0 Å². The van der Waals surface area contributed by atoms with Gasteiger partial charge in [-0.1, -0.05) is 29.3 Å². The lowest BCUT2D eigenvalue weighted by Crippen LogP contribution is -2.36. The summed E-state index contributed by atoms with van der Waals surface area (Å²) in [6, 6.07) is 5.01. The van der Waals surface area contributed by atoms with Crippen LogP contribution in [0.5, 0.6) is 0 Å². The highest BCUT2D eigenvalue weighted by molar-refractivity contribution is 8.18. The Kier molecular flexibility index (Phi) is 7.25. The number of rotatable bonds is 4. The molecule has 0 unspecified atom stereocenters. The lowest BCUT2D eigenvalue weighted by atomic mass is 10.1. The minimum Gasteiger partial charge on any atom is -0.324 e. The summed E-state index contributed by atoms with van der Waals surface area (Å²) in [6.45, 7) is -1.04. The number of amides is 3. The summed E-state index contributed by atoms with van der Waals surface area (Å²) >= 11 is 12.5. The van der Waals surface area contributed by atoms with Gasteiger partial charge >= 0.3 is 12.4 Å². The monoisotopic (exact) mass is 542 g/mol. The topological polar surface area (TPSA) is 66.5 Å². The van der Waals surface area contributed by atoms with Gasteiger partial charge < -0.3 is 5.32 Å². The summed E-state index contributed by atoms with van der Waals surface area (Å²) in [5.74, 6) is -2.27. The Morgan fingerprint density at radius 3 is 2.18 bits per heavy atom. The number of nitrogens with one attached hydrogen (secondary N) is 1. The summed E-state index contributed by atoms with van der Waals surface area (Å²) in [7, 11) is 0. The smallest absolute Gasteiger partial charge is 0.324 e. The van der Waals surface area contributed by atoms with E-state index >= 15 is 0 Å². The number of hydrogen-bond acceptors (Lipinski definition) is 4. The molecular formula is C20H10Cl2F6N2O3S. The van der Waals surface area contributed by atoms with Crippen molar-refractivity contribution < 1.29 is 40.7 Å². The van der Waals surface area contributed by atoms with Gasteiger partial charge in [0.25, 0.3) is 11.1 Å². The Morgan fingerprint density at radius 1 is 1.00 bits per heavy atom. The first kappa shape index (κ1) is 25.9. The maximum atomic E-state index is 13.2. The Morgan fingerprint density at radius 2 is 1.62 bits per heavy atom. The molecular weight excluding hydrogens is 533 g/mol. The lowest BCUT2D eigenvalue weighted by Gasteiger charge is -2.18. The molecule has 0 radical (unpaired) electrons. The number of halogens is 8. The Balaban J connectivity index is 1.83. The second kappa shape index (κ2) is 9.51. The van der Waals surface area contributed by atoms with Gasteiger partial charge in [-0.2, -0.15) is 26.3 Å². The van der Waals surface area contributed by atoms with Crippen LogP contribution in [0.15, 0.2) is 41.3 Å². The SMILES string of the molecule is O=C(CN1C(=O)SC(=Cc2c(Cl)cccc2Cl)C1=O)Nc1cc(C(F)(F)F)ccc1C(F)(F)F. The molecule has 2 aromatic rings. The van der Waals surface area contributed by atoms with Gasteiger partial charge in [0.05, 0.1) is 21.7 Å². The van der Waals surface area contributed by atoms with Gasteiger partial charge in [-0.3, -0.25) is 19.3 Å². The lowest BCUT2D eigenvalue weighted by molar-refractivity contribution is -0.141. The molecule has 3 amide bonds. The summed E-state index contributed by atoms with van der Waals surface area (Å²) < 4.78 is 78.4. The molecule has 1 aliphatic rings. The van der Waals surface area contributed by atoms with Crippen molar-refractivity contribution in [2.75, 3.05) is 11.9 Å². The van der Waals surface area contributed by atoms with E-state index < -0.39 is 52.8 Å². The molecule has 0 spiro atoms. The number of benzene rings is 2. The maximum Gasteiger partial charge on any atom is 0.418 e. The summed E-state index contributed by atoms with van der Waals surface area (Å²) in [5, 5.41) is 1.12.